The molecule has 0 unspecified atom stereocenters. The Morgan fingerprint density at radius 3 is 3.07 bits per heavy atom. The van der Waals surface area contributed by atoms with E-state index in [1.165, 1.54) is 10.9 Å². The van der Waals surface area contributed by atoms with E-state index < -0.39 is 0 Å². The SMILES string of the molecule is C#CCn1ncc(Cl)c(NCC)c1=O. The molecule has 1 aromatic rings. The van der Waals surface area contributed by atoms with Crippen LogP contribution >= 0.6 is 11.6 Å². The van der Waals surface area contributed by atoms with Crippen LogP contribution in [0.1, 0.15) is 6.92 Å². The van der Waals surface area contributed by atoms with Crippen LogP contribution in [0.2, 0.25) is 5.02 Å². The summed E-state index contributed by atoms with van der Waals surface area (Å²) >= 11 is 5.79. The molecule has 0 amide bonds. The van der Waals surface area contributed by atoms with Crippen molar-refractivity contribution in [1.82, 2.24) is 9.78 Å². The summed E-state index contributed by atoms with van der Waals surface area (Å²) in [5.74, 6) is 2.34. The summed E-state index contributed by atoms with van der Waals surface area (Å²) in [5.41, 5.74) is 0.0525. The van der Waals surface area contributed by atoms with Crippen molar-refractivity contribution in [3.63, 3.8) is 0 Å². The molecule has 0 aliphatic carbocycles. The van der Waals surface area contributed by atoms with Gasteiger partial charge in [-0.15, -0.1) is 6.42 Å². The lowest BCUT2D eigenvalue weighted by atomic mass is 10.4. The molecular formula is C9H10ClN3O. The number of anilines is 1. The third-order valence-corrected chi connectivity index (χ3v) is 1.88. The molecule has 0 aromatic carbocycles. The molecule has 1 rings (SSSR count). The normalized spacial score (nSPS) is 9.50. The molecule has 5 heteroatoms. The molecule has 14 heavy (non-hydrogen) atoms. The van der Waals surface area contributed by atoms with E-state index >= 15 is 0 Å². The van der Waals surface area contributed by atoms with E-state index in [0.29, 0.717) is 17.3 Å². The van der Waals surface area contributed by atoms with Crippen molar-refractivity contribution in [2.45, 2.75) is 13.5 Å². The summed E-state index contributed by atoms with van der Waals surface area (Å²) in [6.45, 7) is 2.64. The number of hydrogen-bond donors (Lipinski definition) is 1. The average molecular weight is 212 g/mol. The van der Waals surface area contributed by atoms with Crippen LogP contribution in [0, 0.1) is 12.3 Å². The van der Waals surface area contributed by atoms with Gasteiger partial charge >= 0.3 is 0 Å². The Morgan fingerprint density at radius 2 is 2.50 bits per heavy atom. The predicted octanol–water partition coefficient (Wildman–Crippen LogP) is 0.962. The van der Waals surface area contributed by atoms with E-state index in [4.69, 9.17) is 18.0 Å². The number of aromatic nitrogens is 2. The lowest BCUT2D eigenvalue weighted by molar-refractivity contribution is 0.664. The van der Waals surface area contributed by atoms with Crippen LogP contribution in [-0.4, -0.2) is 16.3 Å². The molecule has 1 N–H and O–H groups in total. The number of rotatable bonds is 3. The van der Waals surface area contributed by atoms with Gasteiger partial charge in [0.2, 0.25) is 0 Å². The number of halogens is 1. The highest BCUT2D eigenvalue weighted by atomic mass is 35.5. The van der Waals surface area contributed by atoms with Gasteiger partial charge in [-0.2, -0.15) is 5.10 Å². The molecule has 74 valence electrons. The van der Waals surface area contributed by atoms with Crippen LogP contribution in [-0.2, 0) is 6.54 Å². The summed E-state index contributed by atoms with van der Waals surface area (Å²) < 4.78 is 1.18. The summed E-state index contributed by atoms with van der Waals surface area (Å²) in [6.07, 6.45) is 6.49. The van der Waals surface area contributed by atoms with E-state index in [1.54, 1.807) is 0 Å². The zero-order valence-electron chi connectivity index (χ0n) is 7.75. The molecule has 0 spiro atoms. The summed E-state index contributed by atoms with van der Waals surface area (Å²) in [4.78, 5) is 11.6. The van der Waals surface area contributed by atoms with Gasteiger partial charge in [0, 0.05) is 6.54 Å². The van der Waals surface area contributed by atoms with Crippen molar-refractivity contribution in [3.05, 3.63) is 21.6 Å². The molecule has 0 saturated carbocycles. The molecule has 1 aromatic heterocycles. The molecule has 1 heterocycles. The minimum absolute atomic E-state index is 0.147. The van der Waals surface area contributed by atoms with Gasteiger partial charge in [-0.1, -0.05) is 17.5 Å². The Balaban J connectivity index is 3.21. The van der Waals surface area contributed by atoms with Gasteiger partial charge in [-0.05, 0) is 6.92 Å². The van der Waals surface area contributed by atoms with Crippen LogP contribution in [0.3, 0.4) is 0 Å². The van der Waals surface area contributed by atoms with Crippen molar-refractivity contribution in [3.8, 4) is 12.3 Å². The first-order valence-electron chi connectivity index (χ1n) is 4.13. The topological polar surface area (TPSA) is 46.9 Å². The van der Waals surface area contributed by atoms with Gasteiger partial charge in [-0.25, -0.2) is 4.68 Å². The molecule has 0 aliphatic rings. The highest BCUT2D eigenvalue weighted by Gasteiger charge is 2.07. The fourth-order valence-electron chi connectivity index (χ4n) is 1.00. The lowest BCUT2D eigenvalue weighted by Gasteiger charge is -2.06. The molecular weight excluding hydrogens is 202 g/mol. The van der Waals surface area contributed by atoms with Gasteiger partial charge in [0.15, 0.2) is 0 Å². The standard InChI is InChI=1S/C9H10ClN3O/c1-3-5-13-9(14)8(11-4-2)7(10)6-12-13/h1,6,11H,4-5H2,2H3. The average Bonchev–Trinajstić information content (AvgIpc) is 2.17. The van der Waals surface area contributed by atoms with Crippen LogP contribution in [0.25, 0.3) is 0 Å². The molecule has 0 aliphatic heterocycles. The van der Waals surface area contributed by atoms with Gasteiger partial charge in [0.25, 0.3) is 5.56 Å². The first-order valence-corrected chi connectivity index (χ1v) is 4.51. The van der Waals surface area contributed by atoms with Gasteiger partial charge in [0.1, 0.15) is 12.2 Å². The Bertz CT molecular complexity index is 419. The second-order valence-corrected chi connectivity index (χ2v) is 2.97. The van der Waals surface area contributed by atoms with E-state index in [9.17, 15) is 4.79 Å². The number of nitrogens with zero attached hydrogens (tertiary/aromatic N) is 2. The number of hydrogen-bond acceptors (Lipinski definition) is 3. The largest absolute Gasteiger partial charge is 0.380 e. The van der Waals surface area contributed by atoms with E-state index in [1.807, 2.05) is 6.92 Å². The van der Waals surface area contributed by atoms with Crippen LogP contribution in [0.5, 0.6) is 0 Å². The Labute approximate surface area is 86.9 Å². The predicted molar refractivity (Wildman–Crippen MR) is 56.5 cm³/mol. The van der Waals surface area contributed by atoms with Crippen molar-refractivity contribution in [1.29, 1.82) is 0 Å². The fraction of sp³-hybridized carbons (Fsp3) is 0.333. The minimum Gasteiger partial charge on any atom is -0.380 e. The van der Waals surface area contributed by atoms with Crippen LogP contribution < -0.4 is 10.9 Å². The van der Waals surface area contributed by atoms with Crippen molar-refractivity contribution in [2.75, 3.05) is 11.9 Å². The second kappa shape index (κ2) is 4.68. The minimum atomic E-state index is -0.294. The van der Waals surface area contributed by atoms with E-state index in [-0.39, 0.29) is 12.1 Å². The summed E-state index contributed by atoms with van der Waals surface area (Å²) in [6, 6.07) is 0. The molecule has 0 bridgehead atoms. The van der Waals surface area contributed by atoms with Crippen molar-refractivity contribution < 1.29 is 0 Å². The highest BCUT2D eigenvalue weighted by Crippen LogP contribution is 2.14. The first-order chi connectivity index (χ1) is 6.70. The molecule has 0 atom stereocenters. The van der Waals surface area contributed by atoms with E-state index in [0.717, 1.165) is 0 Å². The zero-order chi connectivity index (χ0) is 10.6. The summed E-state index contributed by atoms with van der Waals surface area (Å²) in [7, 11) is 0. The first kappa shape index (κ1) is 10.6. The fourth-order valence-corrected chi connectivity index (χ4v) is 1.20. The van der Waals surface area contributed by atoms with Gasteiger partial charge in [0.05, 0.1) is 11.2 Å². The smallest absolute Gasteiger partial charge is 0.292 e. The number of nitrogens with one attached hydrogen (secondary N) is 1. The maximum atomic E-state index is 11.6. The van der Waals surface area contributed by atoms with E-state index in [2.05, 4.69) is 16.3 Å². The highest BCUT2D eigenvalue weighted by molar-refractivity contribution is 6.32. The third-order valence-electron chi connectivity index (χ3n) is 1.59. The molecule has 0 fully saturated rings. The second-order valence-electron chi connectivity index (χ2n) is 2.56. The van der Waals surface area contributed by atoms with Crippen molar-refractivity contribution in [2.24, 2.45) is 0 Å². The molecule has 4 nitrogen and oxygen atoms in total. The monoisotopic (exact) mass is 211 g/mol. The Hall–Kier alpha value is -1.47. The maximum absolute atomic E-state index is 11.6. The summed E-state index contributed by atoms with van der Waals surface area (Å²) in [5, 5.41) is 6.98. The number of terminal acetylenes is 1. The lowest BCUT2D eigenvalue weighted by Crippen LogP contribution is -2.25. The zero-order valence-corrected chi connectivity index (χ0v) is 8.51. The quantitative estimate of drug-likeness (QED) is 0.758. The Morgan fingerprint density at radius 1 is 1.79 bits per heavy atom. The molecule has 0 radical (unpaired) electrons. The molecule has 0 saturated heterocycles. The van der Waals surface area contributed by atoms with Gasteiger partial charge < -0.3 is 5.32 Å². The Kier molecular flexibility index (Phi) is 3.55. The maximum Gasteiger partial charge on any atom is 0.292 e. The van der Waals surface area contributed by atoms with Crippen LogP contribution in [0.15, 0.2) is 11.0 Å². The van der Waals surface area contributed by atoms with Crippen molar-refractivity contribution >= 4 is 17.3 Å². The van der Waals surface area contributed by atoms with Gasteiger partial charge in [-0.3, -0.25) is 4.79 Å². The van der Waals surface area contributed by atoms with Crippen LogP contribution in [0.4, 0.5) is 5.69 Å². The third kappa shape index (κ3) is 2.06.